The summed E-state index contributed by atoms with van der Waals surface area (Å²) in [5, 5.41) is 3.96. The number of aromatic nitrogens is 2. The molecule has 3 aromatic rings. The second kappa shape index (κ2) is 6.11. The zero-order valence-electron chi connectivity index (χ0n) is 13.6. The van der Waals surface area contributed by atoms with Crippen LogP contribution in [0.3, 0.4) is 0 Å². The topological polar surface area (TPSA) is 46.4 Å². The van der Waals surface area contributed by atoms with Gasteiger partial charge in [-0.3, -0.25) is 4.79 Å². The Morgan fingerprint density at radius 2 is 1.92 bits per heavy atom. The normalized spacial score (nSPS) is 11.7. The molecule has 0 unspecified atom stereocenters. The van der Waals surface area contributed by atoms with E-state index in [0.29, 0.717) is 15.7 Å². The molecule has 2 heterocycles. The van der Waals surface area contributed by atoms with Gasteiger partial charge >= 0.3 is 0 Å². The molecule has 0 fully saturated rings. The zero-order chi connectivity index (χ0) is 17.5. The van der Waals surface area contributed by atoms with E-state index >= 15 is 0 Å². The molecule has 6 heteroatoms. The Morgan fingerprint density at radius 1 is 1.17 bits per heavy atom. The third-order valence-electron chi connectivity index (χ3n) is 3.57. The number of carbonyl (C=O) groups is 1. The number of rotatable bonds is 2. The number of fused-ring (bicyclic) bond motifs is 1. The van der Waals surface area contributed by atoms with E-state index in [2.05, 4.69) is 10.3 Å². The average molecular weight is 362 g/mol. The number of hydrogen-bond acceptors (Lipinski definition) is 2. The van der Waals surface area contributed by atoms with E-state index in [-0.39, 0.29) is 5.91 Å². The molecule has 1 amide bonds. The zero-order valence-corrected chi connectivity index (χ0v) is 15.1. The Morgan fingerprint density at radius 3 is 2.62 bits per heavy atom. The molecule has 124 valence electrons. The molecule has 4 nitrogen and oxygen atoms in total. The molecule has 0 atom stereocenters. The predicted molar refractivity (Wildman–Crippen MR) is 98.7 cm³/mol. The second-order valence-corrected chi connectivity index (χ2v) is 7.49. The maximum atomic E-state index is 12.1. The van der Waals surface area contributed by atoms with E-state index in [0.717, 1.165) is 16.9 Å². The van der Waals surface area contributed by atoms with Gasteiger partial charge in [-0.25, -0.2) is 4.98 Å². The highest BCUT2D eigenvalue weighted by molar-refractivity contribution is 6.36. The van der Waals surface area contributed by atoms with E-state index in [1.807, 2.05) is 51.2 Å². The molecule has 0 bridgehead atoms. The van der Waals surface area contributed by atoms with Gasteiger partial charge in [0.15, 0.2) is 5.65 Å². The van der Waals surface area contributed by atoms with Crippen LogP contribution in [-0.2, 0) is 4.79 Å². The maximum Gasteiger partial charge on any atom is 0.229 e. The Kier molecular flexibility index (Phi) is 4.28. The molecule has 0 aliphatic heterocycles. The molecule has 0 aliphatic carbocycles. The highest BCUT2D eigenvalue weighted by Gasteiger charge is 2.21. The van der Waals surface area contributed by atoms with Crippen molar-refractivity contribution in [3.05, 3.63) is 52.8 Å². The summed E-state index contributed by atoms with van der Waals surface area (Å²) < 4.78 is 1.79. The summed E-state index contributed by atoms with van der Waals surface area (Å²) in [5.41, 5.74) is 2.56. The monoisotopic (exact) mass is 361 g/mol. The van der Waals surface area contributed by atoms with Crippen LogP contribution in [0.2, 0.25) is 10.0 Å². The van der Waals surface area contributed by atoms with Crippen molar-refractivity contribution in [3.63, 3.8) is 0 Å². The van der Waals surface area contributed by atoms with E-state index in [1.54, 1.807) is 16.7 Å². The molecule has 0 spiro atoms. The minimum Gasteiger partial charge on any atom is -0.326 e. The number of anilines is 1. The van der Waals surface area contributed by atoms with Gasteiger partial charge in [0.05, 0.1) is 15.7 Å². The molecule has 0 radical (unpaired) electrons. The number of hydrogen-bond donors (Lipinski definition) is 1. The van der Waals surface area contributed by atoms with E-state index < -0.39 is 5.41 Å². The number of carbonyl (C=O) groups excluding carboxylic acids is 1. The fraction of sp³-hybridized carbons (Fsp3) is 0.222. The molecule has 0 saturated carbocycles. The molecule has 3 rings (SSSR count). The first-order valence-electron chi connectivity index (χ1n) is 7.50. The van der Waals surface area contributed by atoms with Gasteiger partial charge in [-0.1, -0.05) is 56.1 Å². The van der Waals surface area contributed by atoms with Crippen molar-refractivity contribution < 1.29 is 4.79 Å². The fourth-order valence-electron chi connectivity index (χ4n) is 2.24. The van der Waals surface area contributed by atoms with Crippen LogP contribution in [0.1, 0.15) is 20.8 Å². The standard InChI is InChI=1S/C18H17Cl2N3O/c1-18(2,3)17(24)21-13-6-4-5-11(7-13)15-10-23-9-12(19)8-14(20)16(23)22-15/h4-10H,1-3H3,(H,21,24). The summed E-state index contributed by atoms with van der Waals surface area (Å²) in [5.74, 6) is -0.0375. The van der Waals surface area contributed by atoms with Crippen LogP contribution in [0.15, 0.2) is 42.7 Å². The molecule has 1 aromatic carbocycles. The lowest BCUT2D eigenvalue weighted by atomic mass is 9.95. The molecule has 24 heavy (non-hydrogen) atoms. The summed E-state index contributed by atoms with van der Waals surface area (Å²) in [6, 6.07) is 9.22. The van der Waals surface area contributed by atoms with Crippen LogP contribution in [0.25, 0.3) is 16.9 Å². The van der Waals surface area contributed by atoms with Crippen molar-refractivity contribution in [1.82, 2.24) is 9.38 Å². The number of halogens is 2. The Hall–Kier alpha value is -2.04. The van der Waals surface area contributed by atoms with Crippen molar-refractivity contribution in [2.45, 2.75) is 20.8 Å². The lowest BCUT2D eigenvalue weighted by molar-refractivity contribution is -0.123. The summed E-state index contributed by atoms with van der Waals surface area (Å²) in [7, 11) is 0. The lowest BCUT2D eigenvalue weighted by Gasteiger charge is -2.17. The van der Waals surface area contributed by atoms with Crippen LogP contribution in [-0.4, -0.2) is 15.3 Å². The number of imidazole rings is 1. The lowest BCUT2D eigenvalue weighted by Crippen LogP contribution is -2.27. The number of pyridine rings is 1. The van der Waals surface area contributed by atoms with Crippen molar-refractivity contribution in [2.24, 2.45) is 5.41 Å². The van der Waals surface area contributed by atoms with Crippen molar-refractivity contribution in [1.29, 1.82) is 0 Å². The summed E-state index contributed by atoms with van der Waals surface area (Å²) in [6.45, 7) is 5.63. The first-order valence-corrected chi connectivity index (χ1v) is 8.25. The van der Waals surface area contributed by atoms with Gasteiger partial charge in [-0.05, 0) is 18.2 Å². The summed E-state index contributed by atoms with van der Waals surface area (Å²) in [4.78, 5) is 16.7. The minimum absolute atomic E-state index is 0.0375. The van der Waals surface area contributed by atoms with Gasteiger partial charge in [0.1, 0.15) is 0 Å². The van der Waals surface area contributed by atoms with Gasteiger partial charge in [-0.2, -0.15) is 0 Å². The largest absolute Gasteiger partial charge is 0.326 e. The molecule has 2 aromatic heterocycles. The Bertz CT molecular complexity index is 926. The molecular weight excluding hydrogens is 345 g/mol. The van der Waals surface area contributed by atoms with Crippen LogP contribution in [0.4, 0.5) is 5.69 Å². The summed E-state index contributed by atoms with van der Waals surface area (Å²) in [6.07, 6.45) is 3.61. The van der Waals surface area contributed by atoms with Crippen molar-refractivity contribution in [2.75, 3.05) is 5.32 Å². The Balaban J connectivity index is 1.97. The van der Waals surface area contributed by atoms with Gasteiger partial charge < -0.3 is 9.72 Å². The smallest absolute Gasteiger partial charge is 0.229 e. The van der Waals surface area contributed by atoms with Crippen molar-refractivity contribution in [3.8, 4) is 11.3 Å². The predicted octanol–water partition coefficient (Wildman–Crippen LogP) is 5.29. The molecular formula is C18H17Cl2N3O. The third-order valence-corrected chi connectivity index (χ3v) is 4.06. The average Bonchev–Trinajstić information content (AvgIpc) is 2.91. The van der Waals surface area contributed by atoms with Crippen LogP contribution < -0.4 is 5.32 Å². The summed E-state index contributed by atoms with van der Waals surface area (Å²) >= 11 is 12.2. The third kappa shape index (κ3) is 3.40. The maximum absolute atomic E-state index is 12.1. The van der Waals surface area contributed by atoms with E-state index in [1.165, 1.54) is 0 Å². The number of nitrogens with one attached hydrogen (secondary N) is 1. The second-order valence-electron chi connectivity index (χ2n) is 6.65. The highest BCUT2D eigenvalue weighted by atomic mass is 35.5. The van der Waals surface area contributed by atoms with Gasteiger partial charge in [0, 0.05) is 29.1 Å². The SMILES string of the molecule is CC(C)(C)C(=O)Nc1cccc(-c2cn3cc(Cl)cc(Cl)c3n2)c1. The minimum atomic E-state index is -0.455. The van der Waals surface area contributed by atoms with Crippen LogP contribution >= 0.6 is 23.2 Å². The first kappa shape index (κ1) is 16.8. The van der Waals surface area contributed by atoms with E-state index in [9.17, 15) is 4.79 Å². The Labute approximate surface area is 150 Å². The van der Waals surface area contributed by atoms with Crippen LogP contribution in [0, 0.1) is 5.41 Å². The molecule has 0 aliphatic rings. The molecule has 0 saturated heterocycles. The first-order chi connectivity index (χ1) is 11.2. The van der Waals surface area contributed by atoms with Crippen molar-refractivity contribution >= 4 is 40.4 Å². The van der Waals surface area contributed by atoms with Crippen LogP contribution in [0.5, 0.6) is 0 Å². The van der Waals surface area contributed by atoms with E-state index in [4.69, 9.17) is 23.2 Å². The number of nitrogens with zero attached hydrogens (tertiary/aromatic N) is 2. The fourth-order valence-corrected chi connectivity index (χ4v) is 2.77. The highest BCUT2D eigenvalue weighted by Crippen LogP contribution is 2.27. The van der Waals surface area contributed by atoms with Gasteiger partial charge in [0.25, 0.3) is 0 Å². The quantitative estimate of drug-likeness (QED) is 0.673. The van der Waals surface area contributed by atoms with Gasteiger partial charge in [-0.15, -0.1) is 0 Å². The van der Waals surface area contributed by atoms with Gasteiger partial charge in [0.2, 0.25) is 5.91 Å². The number of amides is 1. The molecule has 1 N–H and O–H groups in total. The number of benzene rings is 1.